The van der Waals surface area contributed by atoms with Crippen LogP contribution in [0, 0.1) is 20.8 Å². The van der Waals surface area contributed by atoms with Crippen LogP contribution in [0.5, 0.6) is 5.88 Å². The van der Waals surface area contributed by atoms with E-state index in [1.165, 1.54) is 30.7 Å². The maximum Gasteiger partial charge on any atom is 0.284 e. The molecule has 0 radical (unpaired) electrons. The molecule has 0 fully saturated rings. The molecule has 0 saturated heterocycles. The molecule has 0 aliphatic carbocycles. The number of hydrogen-bond acceptors (Lipinski definition) is 7. The van der Waals surface area contributed by atoms with Gasteiger partial charge in [0.2, 0.25) is 5.88 Å². The van der Waals surface area contributed by atoms with Crippen LogP contribution in [0.15, 0.2) is 40.7 Å². The Labute approximate surface area is 173 Å². The Morgan fingerprint density at radius 2 is 1.86 bits per heavy atom. The van der Waals surface area contributed by atoms with Crippen molar-refractivity contribution < 1.29 is 17.9 Å². The molecule has 3 rings (SSSR count). The highest BCUT2D eigenvalue weighted by atomic mass is 32.2. The largest absolute Gasteiger partial charge is 0.480 e. The standard InChI is InChI=1S/C19H20N4O4S2/c1-11-6-5-7-12(2)16(11)23-29(25,26)15-8-14(9-20-18(15)27-4)22-17(24)19-21-13(3)10-28-19/h5-10,23H,1-4H3,(H,22,24). The molecule has 0 bridgehead atoms. The smallest absolute Gasteiger partial charge is 0.284 e. The van der Waals surface area contributed by atoms with Gasteiger partial charge in [-0.05, 0) is 38.0 Å². The van der Waals surface area contributed by atoms with Crippen molar-refractivity contribution in [3.8, 4) is 5.88 Å². The van der Waals surface area contributed by atoms with Crippen LogP contribution in [0.4, 0.5) is 11.4 Å². The number of para-hydroxylation sites is 1. The first-order valence-corrected chi connectivity index (χ1v) is 10.9. The summed E-state index contributed by atoms with van der Waals surface area (Å²) in [5.74, 6) is -0.520. The minimum atomic E-state index is -4.02. The first-order valence-electron chi connectivity index (χ1n) is 8.58. The fourth-order valence-electron chi connectivity index (χ4n) is 2.65. The highest BCUT2D eigenvalue weighted by Gasteiger charge is 2.24. The average Bonchev–Trinajstić information content (AvgIpc) is 3.11. The number of anilines is 2. The molecule has 2 aromatic heterocycles. The lowest BCUT2D eigenvalue weighted by Crippen LogP contribution is -2.17. The Morgan fingerprint density at radius 1 is 1.17 bits per heavy atom. The SMILES string of the molecule is COc1ncc(NC(=O)c2nc(C)cs2)cc1S(=O)(=O)Nc1c(C)cccc1C. The van der Waals surface area contributed by atoms with Gasteiger partial charge in [0.1, 0.15) is 0 Å². The van der Waals surface area contributed by atoms with Gasteiger partial charge in [0.25, 0.3) is 15.9 Å². The third-order valence-corrected chi connectivity index (χ3v) is 6.39. The third-order valence-electron chi connectivity index (χ3n) is 4.09. The van der Waals surface area contributed by atoms with Crippen LogP contribution in [0.3, 0.4) is 0 Å². The highest BCUT2D eigenvalue weighted by molar-refractivity contribution is 7.92. The number of benzene rings is 1. The van der Waals surface area contributed by atoms with Crippen molar-refractivity contribution in [2.24, 2.45) is 0 Å². The van der Waals surface area contributed by atoms with Gasteiger partial charge in [-0.2, -0.15) is 0 Å². The summed E-state index contributed by atoms with van der Waals surface area (Å²) in [7, 11) is -2.69. The Balaban J connectivity index is 1.95. The van der Waals surface area contributed by atoms with E-state index in [-0.39, 0.29) is 21.5 Å². The van der Waals surface area contributed by atoms with E-state index in [2.05, 4.69) is 20.0 Å². The summed E-state index contributed by atoms with van der Waals surface area (Å²) in [6.07, 6.45) is 1.33. The molecule has 0 atom stereocenters. The summed E-state index contributed by atoms with van der Waals surface area (Å²) in [5, 5.41) is 4.65. The number of pyridine rings is 1. The van der Waals surface area contributed by atoms with E-state index in [1.54, 1.807) is 12.3 Å². The monoisotopic (exact) mass is 432 g/mol. The second kappa shape index (κ2) is 8.18. The molecular weight excluding hydrogens is 412 g/mol. The molecule has 0 spiro atoms. The Bertz CT molecular complexity index is 1150. The van der Waals surface area contributed by atoms with Gasteiger partial charge >= 0.3 is 0 Å². The molecule has 1 aromatic carbocycles. The lowest BCUT2D eigenvalue weighted by molar-refractivity contribution is 0.102. The number of sulfonamides is 1. The van der Waals surface area contributed by atoms with Crippen LogP contribution >= 0.6 is 11.3 Å². The predicted molar refractivity (Wildman–Crippen MR) is 112 cm³/mol. The molecule has 10 heteroatoms. The van der Waals surface area contributed by atoms with Crippen LogP contribution in [0.2, 0.25) is 0 Å². The van der Waals surface area contributed by atoms with E-state index in [1.807, 2.05) is 32.0 Å². The van der Waals surface area contributed by atoms with Crippen LogP contribution < -0.4 is 14.8 Å². The van der Waals surface area contributed by atoms with E-state index in [0.717, 1.165) is 16.8 Å². The van der Waals surface area contributed by atoms with Gasteiger partial charge in [0, 0.05) is 11.1 Å². The summed E-state index contributed by atoms with van der Waals surface area (Å²) < 4.78 is 33.8. The summed E-state index contributed by atoms with van der Waals surface area (Å²) in [4.78, 5) is 20.3. The molecule has 0 aliphatic heterocycles. The number of thiazole rings is 1. The number of aromatic nitrogens is 2. The zero-order valence-electron chi connectivity index (χ0n) is 16.3. The summed E-state index contributed by atoms with van der Waals surface area (Å²) >= 11 is 1.20. The van der Waals surface area contributed by atoms with Crippen molar-refractivity contribution in [1.29, 1.82) is 0 Å². The molecule has 29 heavy (non-hydrogen) atoms. The number of rotatable bonds is 6. The highest BCUT2D eigenvalue weighted by Crippen LogP contribution is 2.29. The van der Waals surface area contributed by atoms with Crippen LogP contribution in [0.25, 0.3) is 0 Å². The van der Waals surface area contributed by atoms with Gasteiger partial charge in [-0.25, -0.2) is 18.4 Å². The van der Waals surface area contributed by atoms with Gasteiger partial charge in [-0.15, -0.1) is 11.3 Å². The number of amides is 1. The molecule has 0 unspecified atom stereocenters. The van der Waals surface area contributed by atoms with Gasteiger partial charge < -0.3 is 10.1 Å². The van der Waals surface area contributed by atoms with Crippen LogP contribution in [0.1, 0.15) is 26.6 Å². The molecule has 8 nitrogen and oxygen atoms in total. The normalized spacial score (nSPS) is 11.2. The fraction of sp³-hybridized carbons (Fsp3) is 0.211. The minimum absolute atomic E-state index is 0.0770. The first-order chi connectivity index (χ1) is 13.7. The van der Waals surface area contributed by atoms with Crippen molar-refractivity contribution in [2.75, 3.05) is 17.1 Å². The quantitative estimate of drug-likeness (QED) is 0.617. The van der Waals surface area contributed by atoms with E-state index >= 15 is 0 Å². The molecular formula is C19H20N4O4S2. The lowest BCUT2D eigenvalue weighted by atomic mass is 10.1. The molecule has 2 heterocycles. The van der Waals surface area contributed by atoms with Gasteiger partial charge in [-0.3, -0.25) is 9.52 Å². The number of aryl methyl sites for hydroxylation is 3. The zero-order chi connectivity index (χ0) is 21.2. The van der Waals surface area contributed by atoms with E-state index < -0.39 is 15.9 Å². The topological polar surface area (TPSA) is 110 Å². The summed E-state index contributed by atoms with van der Waals surface area (Å²) in [5.41, 5.74) is 3.00. The van der Waals surface area contributed by atoms with Gasteiger partial charge in [-0.1, -0.05) is 18.2 Å². The maximum atomic E-state index is 13.0. The number of ether oxygens (including phenoxy) is 1. The third kappa shape index (κ3) is 4.54. The average molecular weight is 433 g/mol. The number of nitrogens with one attached hydrogen (secondary N) is 2. The molecule has 2 N–H and O–H groups in total. The van der Waals surface area contributed by atoms with Crippen molar-refractivity contribution in [3.63, 3.8) is 0 Å². The Morgan fingerprint density at radius 3 is 2.45 bits per heavy atom. The minimum Gasteiger partial charge on any atom is -0.480 e. The number of nitrogens with zero attached hydrogens (tertiary/aromatic N) is 2. The second-order valence-corrected chi connectivity index (χ2v) is 8.86. The van der Waals surface area contributed by atoms with E-state index in [4.69, 9.17) is 4.74 Å². The Hall–Kier alpha value is -2.98. The molecule has 0 aliphatic rings. The maximum absolute atomic E-state index is 13.0. The fourth-order valence-corrected chi connectivity index (χ4v) is 4.69. The Kier molecular flexibility index (Phi) is 5.85. The number of carbonyl (C=O) groups excluding carboxylic acids is 1. The zero-order valence-corrected chi connectivity index (χ0v) is 17.9. The number of methoxy groups -OCH3 is 1. The van der Waals surface area contributed by atoms with E-state index in [0.29, 0.717) is 5.69 Å². The molecule has 1 amide bonds. The summed E-state index contributed by atoms with van der Waals surface area (Å²) in [6, 6.07) is 6.78. The number of carbonyl (C=O) groups is 1. The molecule has 3 aromatic rings. The van der Waals surface area contributed by atoms with Gasteiger partial charge in [0.05, 0.1) is 24.7 Å². The number of hydrogen-bond donors (Lipinski definition) is 2. The van der Waals surface area contributed by atoms with Crippen molar-refractivity contribution in [1.82, 2.24) is 9.97 Å². The first kappa shape index (κ1) is 20.7. The van der Waals surface area contributed by atoms with Crippen LogP contribution in [-0.2, 0) is 10.0 Å². The predicted octanol–water partition coefficient (Wildman–Crippen LogP) is 3.53. The van der Waals surface area contributed by atoms with Crippen molar-refractivity contribution >= 4 is 38.6 Å². The summed E-state index contributed by atoms with van der Waals surface area (Å²) in [6.45, 7) is 5.41. The van der Waals surface area contributed by atoms with Crippen molar-refractivity contribution in [2.45, 2.75) is 25.7 Å². The van der Waals surface area contributed by atoms with Crippen molar-refractivity contribution in [3.05, 3.63) is 57.7 Å². The van der Waals surface area contributed by atoms with Gasteiger partial charge in [0.15, 0.2) is 9.90 Å². The molecule has 152 valence electrons. The molecule has 0 saturated carbocycles. The van der Waals surface area contributed by atoms with E-state index in [9.17, 15) is 13.2 Å². The lowest BCUT2D eigenvalue weighted by Gasteiger charge is -2.15. The van der Waals surface area contributed by atoms with Crippen LogP contribution in [-0.4, -0.2) is 31.4 Å². The second-order valence-electron chi connectivity index (χ2n) is 6.35.